The number of alkyl halides is 3. The van der Waals surface area contributed by atoms with Crippen molar-refractivity contribution >= 4 is 22.6 Å². The summed E-state index contributed by atoms with van der Waals surface area (Å²) in [4.78, 5) is 25.5. The Labute approximate surface area is 190 Å². The first kappa shape index (κ1) is 23.0. The molecule has 2 heterocycles. The van der Waals surface area contributed by atoms with Crippen molar-refractivity contribution in [3.05, 3.63) is 82.0 Å². The minimum atomic E-state index is -4.84. The lowest BCUT2D eigenvalue weighted by Gasteiger charge is -2.15. The molecule has 0 fully saturated rings. The fraction of sp³-hybridized carbons (Fsp3) is 0.174. The Hall–Kier alpha value is -4.15. The molecule has 0 unspecified atom stereocenters. The highest BCUT2D eigenvalue weighted by molar-refractivity contribution is 5.92. The quantitative estimate of drug-likeness (QED) is 0.438. The molecule has 2 aromatic heterocycles. The molecule has 0 aliphatic heterocycles. The van der Waals surface area contributed by atoms with E-state index >= 15 is 0 Å². The molecule has 34 heavy (non-hydrogen) atoms. The zero-order valence-electron chi connectivity index (χ0n) is 18.0. The van der Waals surface area contributed by atoms with Gasteiger partial charge in [-0.05, 0) is 49.4 Å². The van der Waals surface area contributed by atoms with Gasteiger partial charge in [0.2, 0.25) is 5.91 Å². The number of carbonyl (C=O) groups is 1. The summed E-state index contributed by atoms with van der Waals surface area (Å²) in [7, 11) is 1.49. The zero-order valence-corrected chi connectivity index (χ0v) is 18.0. The largest absolute Gasteiger partial charge is 0.497 e. The Morgan fingerprint density at radius 1 is 1.12 bits per heavy atom. The average molecular weight is 474 g/mol. The van der Waals surface area contributed by atoms with Crippen LogP contribution in [0.25, 0.3) is 16.7 Å². The number of amides is 1. The molecule has 0 bridgehead atoms. The van der Waals surface area contributed by atoms with E-state index in [2.05, 4.69) is 10.4 Å². The van der Waals surface area contributed by atoms with Gasteiger partial charge in [0.05, 0.1) is 29.4 Å². The molecule has 0 spiro atoms. The number of nitrogens with one attached hydrogen (secondary N) is 1. The van der Waals surface area contributed by atoms with Gasteiger partial charge < -0.3 is 10.1 Å². The number of halogens is 4. The number of aryl methyl sites for hydroxylation is 1. The molecule has 0 aliphatic rings. The average Bonchev–Trinajstić information content (AvgIpc) is 3.12. The van der Waals surface area contributed by atoms with Crippen LogP contribution in [0.4, 0.5) is 23.2 Å². The second-order valence-corrected chi connectivity index (χ2v) is 7.43. The van der Waals surface area contributed by atoms with Crippen LogP contribution in [0.15, 0.2) is 59.4 Å². The summed E-state index contributed by atoms with van der Waals surface area (Å²) in [6.45, 7) is 0.750. The molecule has 11 heteroatoms. The number of aromatic nitrogens is 3. The number of carbonyl (C=O) groups excluding carboxylic acids is 1. The smallest absolute Gasteiger partial charge is 0.417 e. The van der Waals surface area contributed by atoms with Gasteiger partial charge in [-0.25, -0.2) is 9.07 Å². The third-order valence-electron chi connectivity index (χ3n) is 5.13. The molecule has 1 N–H and O–H groups in total. The maximum Gasteiger partial charge on any atom is 0.417 e. The van der Waals surface area contributed by atoms with Crippen LogP contribution in [0, 0.1) is 12.7 Å². The third-order valence-corrected chi connectivity index (χ3v) is 5.13. The Balaban J connectivity index is 1.86. The standard InChI is InChI=1S/C23H18F4N4O3/c1-13-21-18(23(25,26)27)11-20(33)30(12-19(32)28-15-6-8-17(34-2)9-7-15)22(21)31(29-13)16-5-3-4-14(24)10-16/h3-11H,12H2,1-2H3,(H,28,32). The molecular weight excluding hydrogens is 456 g/mol. The second kappa shape index (κ2) is 8.65. The Bertz CT molecular complexity index is 1440. The first-order valence-electron chi connectivity index (χ1n) is 9.98. The van der Waals surface area contributed by atoms with Gasteiger partial charge in [0.1, 0.15) is 23.8 Å². The number of hydrogen-bond donors (Lipinski definition) is 1. The topological polar surface area (TPSA) is 78.2 Å². The lowest BCUT2D eigenvalue weighted by molar-refractivity contribution is -0.136. The number of anilines is 1. The van der Waals surface area contributed by atoms with Gasteiger partial charge in [0, 0.05) is 11.8 Å². The van der Waals surface area contributed by atoms with E-state index in [-0.39, 0.29) is 22.4 Å². The fourth-order valence-electron chi connectivity index (χ4n) is 3.64. The number of fused-ring (bicyclic) bond motifs is 1. The van der Waals surface area contributed by atoms with E-state index < -0.39 is 35.6 Å². The van der Waals surface area contributed by atoms with Gasteiger partial charge in [0.15, 0.2) is 0 Å². The van der Waals surface area contributed by atoms with Crippen LogP contribution in [-0.4, -0.2) is 27.4 Å². The van der Waals surface area contributed by atoms with Gasteiger partial charge in [-0.3, -0.25) is 14.2 Å². The van der Waals surface area contributed by atoms with Crippen LogP contribution in [0.2, 0.25) is 0 Å². The van der Waals surface area contributed by atoms with E-state index in [4.69, 9.17) is 4.74 Å². The number of nitrogens with zero attached hydrogens (tertiary/aromatic N) is 3. The predicted octanol–water partition coefficient (Wildman–Crippen LogP) is 4.30. The van der Waals surface area contributed by atoms with Crippen LogP contribution < -0.4 is 15.6 Å². The van der Waals surface area contributed by atoms with E-state index in [1.807, 2.05) is 0 Å². The highest BCUT2D eigenvalue weighted by Crippen LogP contribution is 2.36. The van der Waals surface area contributed by atoms with E-state index in [1.54, 1.807) is 24.3 Å². The van der Waals surface area contributed by atoms with Gasteiger partial charge in [-0.15, -0.1) is 0 Å². The Kier molecular flexibility index (Phi) is 5.86. The van der Waals surface area contributed by atoms with Crippen LogP contribution in [0.5, 0.6) is 5.75 Å². The summed E-state index contributed by atoms with van der Waals surface area (Å²) in [6.07, 6.45) is -4.84. The van der Waals surface area contributed by atoms with Crippen LogP contribution >= 0.6 is 0 Å². The van der Waals surface area contributed by atoms with E-state index in [9.17, 15) is 27.2 Å². The van der Waals surface area contributed by atoms with E-state index in [0.29, 0.717) is 17.5 Å². The predicted molar refractivity (Wildman–Crippen MR) is 117 cm³/mol. The minimum absolute atomic E-state index is 0.0316. The maximum atomic E-state index is 13.9. The first-order chi connectivity index (χ1) is 16.1. The number of hydrogen-bond acceptors (Lipinski definition) is 4. The summed E-state index contributed by atoms with van der Waals surface area (Å²) in [5, 5.41) is 6.37. The van der Waals surface area contributed by atoms with Crippen molar-refractivity contribution in [2.75, 3.05) is 12.4 Å². The third kappa shape index (κ3) is 4.36. The summed E-state index contributed by atoms with van der Waals surface area (Å²) in [5.41, 5.74) is -2.04. The van der Waals surface area contributed by atoms with Crippen molar-refractivity contribution in [2.45, 2.75) is 19.6 Å². The van der Waals surface area contributed by atoms with Crippen LogP contribution in [0.3, 0.4) is 0 Å². The summed E-state index contributed by atoms with van der Waals surface area (Å²) < 4.78 is 62.1. The SMILES string of the molecule is COc1ccc(NC(=O)Cn2c(=O)cc(C(F)(F)F)c3c(C)nn(-c4cccc(F)c4)c32)cc1. The first-order valence-corrected chi connectivity index (χ1v) is 9.98. The molecule has 1 amide bonds. The molecule has 0 saturated heterocycles. The van der Waals surface area contributed by atoms with Crippen molar-refractivity contribution in [3.63, 3.8) is 0 Å². The number of pyridine rings is 1. The zero-order chi connectivity index (χ0) is 24.6. The monoisotopic (exact) mass is 474 g/mol. The molecule has 2 aromatic carbocycles. The van der Waals surface area contributed by atoms with Crippen LogP contribution in [0.1, 0.15) is 11.3 Å². The number of methoxy groups -OCH3 is 1. The Morgan fingerprint density at radius 2 is 1.82 bits per heavy atom. The van der Waals surface area contributed by atoms with Gasteiger partial charge >= 0.3 is 6.18 Å². The maximum absolute atomic E-state index is 13.9. The molecular formula is C23H18F4N4O3. The number of ether oxygens (including phenoxy) is 1. The number of rotatable bonds is 5. The van der Waals surface area contributed by atoms with Crippen molar-refractivity contribution in [1.82, 2.24) is 14.3 Å². The Morgan fingerprint density at radius 3 is 2.44 bits per heavy atom. The summed E-state index contributed by atoms with van der Waals surface area (Å²) in [6, 6.07) is 11.8. The van der Waals surface area contributed by atoms with Crippen molar-refractivity contribution < 1.29 is 27.1 Å². The minimum Gasteiger partial charge on any atom is -0.497 e. The summed E-state index contributed by atoms with van der Waals surface area (Å²) in [5.74, 6) is -0.733. The lowest BCUT2D eigenvalue weighted by Crippen LogP contribution is -2.30. The van der Waals surface area contributed by atoms with Gasteiger partial charge in [0.25, 0.3) is 5.56 Å². The highest BCUT2D eigenvalue weighted by Gasteiger charge is 2.36. The van der Waals surface area contributed by atoms with E-state index in [0.717, 1.165) is 15.3 Å². The van der Waals surface area contributed by atoms with Crippen molar-refractivity contribution in [2.24, 2.45) is 0 Å². The van der Waals surface area contributed by atoms with Crippen LogP contribution in [-0.2, 0) is 17.5 Å². The molecule has 0 atom stereocenters. The molecule has 4 aromatic rings. The highest BCUT2D eigenvalue weighted by atomic mass is 19.4. The van der Waals surface area contributed by atoms with Crippen molar-refractivity contribution in [3.8, 4) is 11.4 Å². The number of benzene rings is 2. The molecule has 176 valence electrons. The molecule has 0 saturated carbocycles. The normalized spacial score (nSPS) is 11.6. The molecule has 0 aliphatic carbocycles. The van der Waals surface area contributed by atoms with Gasteiger partial charge in [-0.2, -0.15) is 18.3 Å². The molecule has 4 rings (SSSR count). The van der Waals surface area contributed by atoms with E-state index in [1.165, 1.54) is 32.2 Å². The molecule has 7 nitrogen and oxygen atoms in total. The second-order valence-electron chi connectivity index (χ2n) is 7.43. The van der Waals surface area contributed by atoms with Gasteiger partial charge in [-0.1, -0.05) is 6.07 Å². The fourth-order valence-corrected chi connectivity index (χ4v) is 3.64. The molecule has 0 radical (unpaired) electrons. The summed E-state index contributed by atoms with van der Waals surface area (Å²) >= 11 is 0. The van der Waals surface area contributed by atoms with Crippen molar-refractivity contribution in [1.29, 1.82) is 0 Å². The lowest BCUT2D eigenvalue weighted by atomic mass is 10.1.